The van der Waals surface area contributed by atoms with E-state index in [-0.39, 0.29) is 24.8 Å². The number of ether oxygens (including phenoxy) is 2. The van der Waals surface area contributed by atoms with E-state index in [2.05, 4.69) is 0 Å². The van der Waals surface area contributed by atoms with Gasteiger partial charge in [0, 0.05) is 26.6 Å². The molecule has 2 saturated heterocycles. The molecule has 4 atom stereocenters. The second-order valence-corrected chi connectivity index (χ2v) is 7.92. The van der Waals surface area contributed by atoms with Crippen molar-refractivity contribution in [3.63, 3.8) is 0 Å². The van der Waals surface area contributed by atoms with Gasteiger partial charge in [0.25, 0.3) is 0 Å². The summed E-state index contributed by atoms with van der Waals surface area (Å²) in [6.07, 6.45) is 3.48. The van der Waals surface area contributed by atoms with Crippen molar-refractivity contribution in [2.24, 2.45) is 17.6 Å². The maximum atomic E-state index is 13.3. The summed E-state index contributed by atoms with van der Waals surface area (Å²) in [5, 5.41) is 0. The lowest BCUT2D eigenvalue weighted by Gasteiger charge is -2.27. The fourth-order valence-corrected chi connectivity index (χ4v) is 4.63. The Morgan fingerprint density at radius 3 is 2.93 bits per heavy atom. The minimum atomic E-state index is -0.758. The Labute approximate surface area is 169 Å². The number of amides is 3. The zero-order valence-electron chi connectivity index (χ0n) is 16.5. The molecule has 29 heavy (non-hydrogen) atoms. The quantitative estimate of drug-likeness (QED) is 0.665. The minimum Gasteiger partial charge on any atom is -0.497 e. The molecule has 4 rings (SSSR count). The summed E-state index contributed by atoms with van der Waals surface area (Å²) in [5.41, 5.74) is 5.39. The van der Waals surface area contributed by atoms with Crippen LogP contribution in [0.3, 0.4) is 0 Å². The van der Waals surface area contributed by atoms with Crippen molar-refractivity contribution >= 4 is 17.7 Å². The van der Waals surface area contributed by atoms with Crippen molar-refractivity contribution in [2.75, 3.05) is 27.2 Å². The Bertz CT molecular complexity index is 885. The Kier molecular flexibility index (Phi) is 4.82. The average molecular weight is 399 g/mol. The summed E-state index contributed by atoms with van der Waals surface area (Å²) in [7, 11) is 3.23. The fraction of sp³-hybridized carbons (Fsp3) is 0.476. The van der Waals surface area contributed by atoms with Crippen molar-refractivity contribution < 1.29 is 23.9 Å². The zero-order valence-corrected chi connectivity index (χ0v) is 16.5. The van der Waals surface area contributed by atoms with Crippen LogP contribution in [0.25, 0.3) is 0 Å². The van der Waals surface area contributed by atoms with E-state index in [9.17, 15) is 14.4 Å². The van der Waals surface area contributed by atoms with Gasteiger partial charge in [-0.15, -0.1) is 0 Å². The normalized spacial score (nSPS) is 29.2. The van der Waals surface area contributed by atoms with Crippen LogP contribution in [0.5, 0.6) is 5.75 Å². The molecular weight excluding hydrogens is 374 g/mol. The van der Waals surface area contributed by atoms with Crippen LogP contribution in [0, 0.1) is 11.8 Å². The summed E-state index contributed by atoms with van der Waals surface area (Å²) in [6, 6.07) is 7.58. The number of hydrogen-bond donors (Lipinski definition) is 1. The minimum absolute atomic E-state index is 0.0821. The highest BCUT2D eigenvalue weighted by Crippen LogP contribution is 2.52. The molecule has 1 spiro atoms. The second-order valence-electron chi connectivity index (χ2n) is 7.92. The molecule has 1 aromatic rings. The van der Waals surface area contributed by atoms with Crippen molar-refractivity contribution in [3.05, 3.63) is 42.0 Å². The zero-order chi connectivity index (χ0) is 20.8. The second kappa shape index (κ2) is 7.18. The third kappa shape index (κ3) is 3.27. The molecule has 3 heterocycles. The summed E-state index contributed by atoms with van der Waals surface area (Å²) in [5.74, 6) is -1.14. The van der Waals surface area contributed by atoms with E-state index in [1.807, 2.05) is 36.4 Å². The van der Waals surface area contributed by atoms with E-state index in [4.69, 9.17) is 15.2 Å². The average Bonchev–Trinajstić information content (AvgIpc) is 3.34. The van der Waals surface area contributed by atoms with Gasteiger partial charge in [0.05, 0.1) is 31.6 Å². The van der Waals surface area contributed by atoms with Crippen LogP contribution in [0.1, 0.15) is 12.0 Å². The Hall–Kier alpha value is -2.87. The van der Waals surface area contributed by atoms with Crippen LogP contribution in [0.2, 0.25) is 0 Å². The number of carbonyl (C=O) groups is 3. The molecule has 1 aromatic carbocycles. The van der Waals surface area contributed by atoms with Gasteiger partial charge >= 0.3 is 0 Å². The van der Waals surface area contributed by atoms with E-state index in [1.165, 1.54) is 4.90 Å². The monoisotopic (exact) mass is 399 g/mol. The van der Waals surface area contributed by atoms with Crippen LogP contribution in [-0.2, 0) is 25.7 Å². The third-order valence-electron chi connectivity index (χ3n) is 6.04. The first-order valence-corrected chi connectivity index (χ1v) is 9.67. The number of likely N-dealkylation sites (tertiary alicyclic amines) is 1. The van der Waals surface area contributed by atoms with Gasteiger partial charge in [-0.25, -0.2) is 0 Å². The molecule has 0 aliphatic carbocycles. The number of benzene rings is 1. The molecule has 2 unspecified atom stereocenters. The SMILES string of the molecule is COc1cccc(CN2C[C@]34C=C[C@H](O3)C(C(=O)N(C)CCC(N)=O)C4C2=O)c1. The van der Waals surface area contributed by atoms with E-state index in [0.717, 1.165) is 11.3 Å². The molecule has 8 heteroatoms. The lowest BCUT2D eigenvalue weighted by Crippen LogP contribution is -2.45. The first-order chi connectivity index (χ1) is 13.8. The summed E-state index contributed by atoms with van der Waals surface area (Å²) < 4.78 is 11.4. The molecule has 0 radical (unpaired) electrons. The van der Waals surface area contributed by atoms with Crippen LogP contribution >= 0.6 is 0 Å². The molecule has 0 saturated carbocycles. The van der Waals surface area contributed by atoms with Gasteiger partial charge in [0.15, 0.2) is 0 Å². The number of rotatable bonds is 7. The van der Waals surface area contributed by atoms with Gasteiger partial charge in [0.2, 0.25) is 17.7 Å². The van der Waals surface area contributed by atoms with Crippen LogP contribution in [0.15, 0.2) is 36.4 Å². The molecular formula is C21H25N3O5. The number of carbonyl (C=O) groups excluding carboxylic acids is 3. The predicted molar refractivity (Wildman–Crippen MR) is 104 cm³/mol. The maximum absolute atomic E-state index is 13.3. The van der Waals surface area contributed by atoms with Gasteiger partial charge in [-0.1, -0.05) is 24.3 Å². The standard InChI is InChI=1S/C21H25N3O5/c1-23(9-7-16(22)25)19(26)17-15-6-8-21(29-15)12-24(20(27)18(17)21)11-13-4-3-5-14(10-13)28-2/h3-6,8,10,15,17-18H,7,9,11-12H2,1-2H3,(H2,22,25)/t15-,17?,18?,21-/m0/s1. The van der Waals surface area contributed by atoms with Crippen molar-refractivity contribution in [2.45, 2.75) is 24.7 Å². The van der Waals surface area contributed by atoms with E-state index in [1.54, 1.807) is 19.1 Å². The summed E-state index contributed by atoms with van der Waals surface area (Å²) in [4.78, 5) is 40.6. The molecule has 2 bridgehead atoms. The highest BCUT2D eigenvalue weighted by atomic mass is 16.5. The molecule has 2 fully saturated rings. The highest BCUT2D eigenvalue weighted by Gasteiger charge is 2.67. The number of methoxy groups -OCH3 is 1. The number of hydrogen-bond acceptors (Lipinski definition) is 5. The van der Waals surface area contributed by atoms with Crippen LogP contribution in [0.4, 0.5) is 0 Å². The molecule has 154 valence electrons. The van der Waals surface area contributed by atoms with Crippen LogP contribution in [-0.4, -0.2) is 66.5 Å². The van der Waals surface area contributed by atoms with Crippen LogP contribution < -0.4 is 10.5 Å². The van der Waals surface area contributed by atoms with Gasteiger partial charge in [-0.05, 0) is 17.7 Å². The molecule has 3 aliphatic rings. The molecule has 2 N–H and O–H groups in total. The van der Waals surface area contributed by atoms with E-state index >= 15 is 0 Å². The Morgan fingerprint density at radius 2 is 2.21 bits per heavy atom. The van der Waals surface area contributed by atoms with Crippen molar-refractivity contribution in [1.82, 2.24) is 9.80 Å². The van der Waals surface area contributed by atoms with Gasteiger partial charge < -0.3 is 25.0 Å². The predicted octanol–water partition coefficient (Wildman–Crippen LogP) is 0.311. The number of primary amides is 1. The molecule has 8 nitrogen and oxygen atoms in total. The Morgan fingerprint density at radius 1 is 1.41 bits per heavy atom. The number of nitrogens with zero attached hydrogens (tertiary/aromatic N) is 2. The molecule has 3 aliphatic heterocycles. The smallest absolute Gasteiger partial charge is 0.230 e. The summed E-state index contributed by atoms with van der Waals surface area (Å²) in [6.45, 7) is 1.06. The van der Waals surface area contributed by atoms with E-state index in [0.29, 0.717) is 13.1 Å². The maximum Gasteiger partial charge on any atom is 0.230 e. The van der Waals surface area contributed by atoms with Crippen molar-refractivity contribution in [1.29, 1.82) is 0 Å². The van der Waals surface area contributed by atoms with E-state index < -0.39 is 29.4 Å². The summed E-state index contributed by atoms with van der Waals surface area (Å²) >= 11 is 0. The number of nitrogens with two attached hydrogens (primary N) is 1. The van der Waals surface area contributed by atoms with Gasteiger partial charge in [-0.2, -0.15) is 0 Å². The largest absolute Gasteiger partial charge is 0.497 e. The lowest BCUT2D eigenvalue weighted by molar-refractivity contribution is -0.142. The third-order valence-corrected chi connectivity index (χ3v) is 6.04. The Balaban J connectivity index is 1.53. The first kappa shape index (κ1) is 19.4. The lowest BCUT2D eigenvalue weighted by atomic mass is 9.76. The van der Waals surface area contributed by atoms with Crippen molar-refractivity contribution in [3.8, 4) is 5.75 Å². The highest BCUT2D eigenvalue weighted by molar-refractivity contribution is 5.93. The topological polar surface area (TPSA) is 102 Å². The van der Waals surface area contributed by atoms with Gasteiger partial charge in [0.1, 0.15) is 11.4 Å². The van der Waals surface area contributed by atoms with Gasteiger partial charge in [-0.3, -0.25) is 14.4 Å². The molecule has 3 amide bonds. The fourth-order valence-electron chi connectivity index (χ4n) is 4.63. The molecule has 0 aromatic heterocycles. The first-order valence-electron chi connectivity index (χ1n) is 9.67. The number of fused-ring (bicyclic) bond motifs is 1.